The van der Waals surface area contributed by atoms with Crippen LogP contribution in [0.5, 0.6) is 0 Å². The molecule has 2 rings (SSSR count). The van der Waals surface area contributed by atoms with Crippen molar-refractivity contribution in [1.29, 1.82) is 0 Å². The van der Waals surface area contributed by atoms with Crippen LogP contribution in [0.3, 0.4) is 0 Å². The summed E-state index contributed by atoms with van der Waals surface area (Å²) in [7, 11) is 0. The van der Waals surface area contributed by atoms with E-state index in [0.717, 1.165) is 77.0 Å². The molecule has 11 atom stereocenters. The van der Waals surface area contributed by atoms with Crippen LogP contribution < -0.4 is 0 Å². The van der Waals surface area contributed by atoms with Gasteiger partial charge in [-0.2, -0.15) is 0 Å². The third-order valence-corrected chi connectivity index (χ3v) is 13.2. The third-order valence-electron chi connectivity index (χ3n) is 13.2. The molecule has 7 N–H and O–H groups in total. The van der Waals surface area contributed by atoms with Crippen LogP contribution in [-0.2, 0) is 33.2 Å². The minimum Gasteiger partial charge on any atom is -0.457 e. The largest absolute Gasteiger partial charge is 0.457 e. The van der Waals surface area contributed by atoms with Gasteiger partial charge in [-0.25, -0.2) is 0 Å². The van der Waals surface area contributed by atoms with Gasteiger partial charge in [0.1, 0.15) is 54.9 Å². The van der Waals surface area contributed by atoms with Gasteiger partial charge < -0.3 is 64.2 Å². The van der Waals surface area contributed by atoms with Crippen molar-refractivity contribution >= 4 is 5.97 Å². The fourth-order valence-corrected chi connectivity index (χ4v) is 8.60. The SMILES string of the molecule is CC/C=C\C/C=C\C/C=C\C/C=C\CCCCCOCC(COC1OC(COC2OC(CO)C(O)C(O)C2O)C(O)C(O)C1O)OC(=O)CCCCCCCCCCCCC/C=C\C/C=C\CCCCCCC. The number of carbonyl (C=O) groups excluding carboxylic acids is 1. The summed E-state index contributed by atoms with van der Waals surface area (Å²) >= 11 is 0. The van der Waals surface area contributed by atoms with Crippen molar-refractivity contribution in [3.8, 4) is 0 Å². The Balaban J connectivity index is 1.73. The summed E-state index contributed by atoms with van der Waals surface area (Å²) in [5.41, 5.74) is 0. The number of carbonyl (C=O) groups is 1. The van der Waals surface area contributed by atoms with Gasteiger partial charge in [0.05, 0.1) is 26.4 Å². The van der Waals surface area contributed by atoms with E-state index in [9.17, 15) is 40.5 Å². The summed E-state index contributed by atoms with van der Waals surface area (Å²) in [6.07, 6.45) is 41.1. The van der Waals surface area contributed by atoms with Gasteiger partial charge in [-0.15, -0.1) is 0 Å². The Morgan fingerprint density at radius 2 is 0.890 bits per heavy atom. The summed E-state index contributed by atoms with van der Waals surface area (Å²) in [6.45, 7) is 3.48. The van der Waals surface area contributed by atoms with Gasteiger partial charge in [0.25, 0.3) is 0 Å². The molecule has 422 valence electrons. The minimum atomic E-state index is -1.72. The second-order valence-corrected chi connectivity index (χ2v) is 19.7. The molecule has 2 heterocycles. The summed E-state index contributed by atoms with van der Waals surface area (Å²) < 4.78 is 34.3. The van der Waals surface area contributed by atoms with Crippen LogP contribution in [0.15, 0.2) is 72.9 Å². The van der Waals surface area contributed by atoms with Crippen LogP contribution in [0.25, 0.3) is 0 Å². The molecule has 0 bridgehead atoms. The van der Waals surface area contributed by atoms with E-state index in [1.54, 1.807) is 0 Å². The number of aliphatic hydroxyl groups is 7. The van der Waals surface area contributed by atoms with Crippen LogP contribution in [0.1, 0.15) is 194 Å². The average molecular weight is 1040 g/mol. The van der Waals surface area contributed by atoms with E-state index in [0.29, 0.717) is 13.0 Å². The van der Waals surface area contributed by atoms with Gasteiger partial charge in [-0.3, -0.25) is 4.79 Å². The lowest BCUT2D eigenvalue weighted by Gasteiger charge is -2.42. The monoisotopic (exact) mass is 1030 g/mol. The van der Waals surface area contributed by atoms with E-state index in [-0.39, 0.29) is 19.6 Å². The predicted molar refractivity (Wildman–Crippen MR) is 289 cm³/mol. The van der Waals surface area contributed by atoms with E-state index < -0.39 is 86.7 Å². The van der Waals surface area contributed by atoms with E-state index >= 15 is 0 Å². The fourth-order valence-electron chi connectivity index (χ4n) is 8.60. The van der Waals surface area contributed by atoms with Gasteiger partial charge in [0.2, 0.25) is 0 Å². The van der Waals surface area contributed by atoms with Crippen LogP contribution >= 0.6 is 0 Å². The number of hydrogen-bond acceptors (Lipinski definition) is 14. The molecular formula is C59H102O14. The van der Waals surface area contributed by atoms with Gasteiger partial charge in [-0.05, 0) is 83.5 Å². The Morgan fingerprint density at radius 1 is 0.466 bits per heavy atom. The third kappa shape index (κ3) is 32.6. The van der Waals surface area contributed by atoms with Gasteiger partial charge in [0.15, 0.2) is 12.6 Å². The highest BCUT2D eigenvalue weighted by molar-refractivity contribution is 5.69. The van der Waals surface area contributed by atoms with Gasteiger partial charge >= 0.3 is 5.97 Å². The number of aliphatic hydroxyl groups excluding tert-OH is 7. The molecule has 14 nitrogen and oxygen atoms in total. The zero-order valence-electron chi connectivity index (χ0n) is 45.1. The molecule has 0 spiro atoms. The molecule has 2 aliphatic heterocycles. The first-order chi connectivity index (χ1) is 35.6. The summed E-state index contributed by atoms with van der Waals surface area (Å²) in [6, 6.07) is 0. The molecule has 0 aliphatic carbocycles. The Hall–Kier alpha value is -2.57. The predicted octanol–water partition coefficient (Wildman–Crippen LogP) is 9.86. The molecule has 14 heteroatoms. The first-order valence-corrected chi connectivity index (χ1v) is 28.5. The standard InChI is InChI=1S/C59H102O14/c1-3-5-7-9-11-13-15-17-19-21-22-23-24-25-26-27-28-30-32-34-36-38-40-42-51(61)71-48(45-68-43-41-39-37-35-33-31-29-20-18-16-14-12-10-8-6-4-2)46-69-58-57(67)55(65)53(63)50(73-58)47-70-59-56(66)54(64)52(62)49(44-60)72-59/h6,8,12,14-15,17-18,20-22,31,33,48-50,52-60,62-67H,3-5,7,9-11,13,16,19,23-30,32,34-47H2,1-2H3/b8-6-,14-12-,17-15-,20-18-,22-21-,33-31-. The number of allylic oxidation sites excluding steroid dienone is 12. The molecule has 0 radical (unpaired) electrons. The van der Waals surface area contributed by atoms with Crippen molar-refractivity contribution in [2.75, 3.05) is 33.0 Å². The highest BCUT2D eigenvalue weighted by Crippen LogP contribution is 2.26. The normalized spacial score (nSPS) is 25.5. The maximum atomic E-state index is 13.1. The molecule has 0 amide bonds. The zero-order valence-corrected chi connectivity index (χ0v) is 45.1. The molecule has 0 aromatic rings. The fraction of sp³-hybridized carbons (Fsp3) is 0.780. The molecule has 0 aromatic heterocycles. The number of hydrogen-bond donors (Lipinski definition) is 7. The summed E-state index contributed by atoms with van der Waals surface area (Å²) in [4.78, 5) is 13.1. The Kier molecular flexibility index (Phi) is 41.6. The number of esters is 1. The maximum absolute atomic E-state index is 13.1. The topological polar surface area (TPSA) is 214 Å². The Morgan fingerprint density at radius 3 is 1.40 bits per heavy atom. The lowest BCUT2D eigenvalue weighted by Crippen LogP contribution is -2.61. The molecule has 73 heavy (non-hydrogen) atoms. The minimum absolute atomic E-state index is 0.0362. The Bertz CT molecular complexity index is 1480. The molecule has 11 unspecified atom stereocenters. The van der Waals surface area contributed by atoms with E-state index in [4.69, 9.17) is 28.4 Å². The molecule has 2 fully saturated rings. The van der Waals surface area contributed by atoms with Crippen molar-refractivity contribution in [1.82, 2.24) is 0 Å². The number of unbranched alkanes of at least 4 members (excludes halogenated alkanes) is 19. The molecule has 2 saturated heterocycles. The van der Waals surface area contributed by atoms with Crippen LogP contribution in [0, 0.1) is 0 Å². The average Bonchev–Trinajstić information content (AvgIpc) is 3.39. The van der Waals surface area contributed by atoms with Gasteiger partial charge in [-0.1, -0.05) is 177 Å². The molecular weight excluding hydrogens is 933 g/mol. The summed E-state index contributed by atoms with van der Waals surface area (Å²) in [5.74, 6) is -0.391. The van der Waals surface area contributed by atoms with Crippen molar-refractivity contribution in [2.24, 2.45) is 0 Å². The van der Waals surface area contributed by atoms with Crippen molar-refractivity contribution in [3.63, 3.8) is 0 Å². The van der Waals surface area contributed by atoms with Crippen molar-refractivity contribution in [2.45, 2.75) is 261 Å². The zero-order chi connectivity index (χ0) is 53.0. The molecule has 2 aliphatic rings. The first kappa shape index (κ1) is 66.5. The first-order valence-electron chi connectivity index (χ1n) is 28.5. The van der Waals surface area contributed by atoms with Crippen LogP contribution in [-0.4, -0.2) is 142 Å². The quantitative estimate of drug-likeness (QED) is 0.0172. The van der Waals surface area contributed by atoms with Crippen LogP contribution in [0.4, 0.5) is 0 Å². The highest BCUT2D eigenvalue weighted by Gasteiger charge is 2.47. The van der Waals surface area contributed by atoms with E-state index in [1.165, 1.54) is 89.9 Å². The van der Waals surface area contributed by atoms with E-state index in [2.05, 4.69) is 86.8 Å². The lowest BCUT2D eigenvalue weighted by molar-refractivity contribution is -0.332. The number of ether oxygens (including phenoxy) is 6. The van der Waals surface area contributed by atoms with Crippen molar-refractivity contribution in [3.05, 3.63) is 72.9 Å². The second kappa shape index (κ2) is 45.6. The lowest BCUT2D eigenvalue weighted by atomic mass is 9.98. The highest BCUT2D eigenvalue weighted by atomic mass is 16.7. The molecule has 0 aromatic carbocycles. The van der Waals surface area contributed by atoms with E-state index in [1.807, 2.05) is 0 Å². The second-order valence-electron chi connectivity index (χ2n) is 19.7. The smallest absolute Gasteiger partial charge is 0.306 e. The van der Waals surface area contributed by atoms with Gasteiger partial charge in [0, 0.05) is 13.0 Å². The maximum Gasteiger partial charge on any atom is 0.306 e. The summed E-state index contributed by atoms with van der Waals surface area (Å²) in [5, 5.41) is 72.3. The van der Waals surface area contributed by atoms with Crippen LogP contribution in [0.2, 0.25) is 0 Å². The Labute approximate surface area is 440 Å². The van der Waals surface area contributed by atoms with Crippen molar-refractivity contribution < 1.29 is 69.0 Å². The molecule has 0 saturated carbocycles. The number of rotatable bonds is 45.